The fourth-order valence-corrected chi connectivity index (χ4v) is 2.07. The molecule has 82 valence electrons. The largest absolute Gasteiger partial charge is 0.494 e. The average Bonchev–Trinajstić information content (AvgIpc) is 2.17. The van der Waals surface area contributed by atoms with Crippen molar-refractivity contribution in [3.05, 3.63) is 29.8 Å². The minimum Gasteiger partial charge on any atom is -0.494 e. The molecule has 3 heteroatoms. The first kappa shape index (κ1) is 10.5. The van der Waals surface area contributed by atoms with Gasteiger partial charge in [0.15, 0.2) is 0 Å². The SMILES string of the molecule is CCOc1ccc(C2(N)CC(O)C2)cc1. The Morgan fingerprint density at radius 2 is 2.00 bits per heavy atom. The van der Waals surface area contributed by atoms with Gasteiger partial charge in [-0.3, -0.25) is 0 Å². The molecule has 0 radical (unpaired) electrons. The lowest BCUT2D eigenvalue weighted by molar-refractivity contribution is 0.0209. The Balaban J connectivity index is 2.10. The van der Waals surface area contributed by atoms with Crippen molar-refractivity contribution in [1.29, 1.82) is 0 Å². The summed E-state index contributed by atoms with van der Waals surface area (Å²) in [5, 5.41) is 9.28. The molecular weight excluding hydrogens is 190 g/mol. The maximum atomic E-state index is 9.28. The van der Waals surface area contributed by atoms with E-state index >= 15 is 0 Å². The standard InChI is InChI=1S/C12H17NO2/c1-2-15-11-5-3-9(4-6-11)12(13)7-10(14)8-12/h3-6,10,14H,2,7-8,13H2,1H3. The molecule has 0 atom stereocenters. The summed E-state index contributed by atoms with van der Waals surface area (Å²) in [7, 11) is 0. The van der Waals surface area contributed by atoms with Gasteiger partial charge >= 0.3 is 0 Å². The number of aliphatic hydroxyl groups is 1. The van der Waals surface area contributed by atoms with Crippen molar-refractivity contribution in [2.45, 2.75) is 31.4 Å². The zero-order valence-electron chi connectivity index (χ0n) is 8.94. The fourth-order valence-electron chi connectivity index (χ4n) is 2.07. The van der Waals surface area contributed by atoms with E-state index in [1.165, 1.54) is 0 Å². The summed E-state index contributed by atoms with van der Waals surface area (Å²) in [6.45, 7) is 2.63. The van der Waals surface area contributed by atoms with Gasteiger partial charge in [-0.1, -0.05) is 12.1 Å². The lowest BCUT2D eigenvalue weighted by Crippen LogP contribution is -2.51. The molecule has 0 heterocycles. The molecule has 2 rings (SSSR count). The smallest absolute Gasteiger partial charge is 0.119 e. The third kappa shape index (κ3) is 1.98. The number of benzene rings is 1. The Bertz CT molecular complexity index is 328. The van der Waals surface area contributed by atoms with E-state index in [1.807, 2.05) is 31.2 Å². The second-order valence-electron chi connectivity index (χ2n) is 4.18. The van der Waals surface area contributed by atoms with Crippen LogP contribution >= 0.6 is 0 Å². The summed E-state index contributed by atoms with van der Waals surface area (Å²) >= 11 is 0. The number of hydrogen-bond donors (Lipinski definition) is 2. The molecule has 0 spiro atoms. The van der Waals surface area contributed by atoms with E-state index in [1.54, 1.807) is 0 Å². The molecule has 0 aliphatic heterocycles. The molecule has 0 bridgehead atoms. The highest BCUT2D eigenvalue weighted by molar-refractivity contribution is 5.33. The van der Waals surface area contributed by atoms with E-state index in [4.69, 9.17) is 10.5 Å². The lowest BCUT2D eigenvalue weighted by Gasteiger charge is -2.42. The van der Waals surface area contributed by atoms with Gasteiger partial charge < -0.3 is 15.6 Å². The number of nitrogens with two attached hydrogens (primary N) is 1. The Morgan fingerprint density at radius 3 is 2.47 bits per heavy atom. The number of rotatable bonds is 3. The predicted molar refractivity (Wildman–Crippen MR) is 58.7 cm³/mol. The number of hydrogen-bond acceptors (Lipinski definition) is 3. The molecule has 1 aliphatic carbocycles. The van der Waals surface area contributed by atoms with Crippen LogP contribution in [0.25, 0.3) is 0 Å². The van der Waals surface area contributed by atoms with Gasteiger partial charge in [0.1, 0.15) is 5.75 Å². The van der Waals surface area contributed by atoms with Crippen LogP contribution < -0.4 is 10.5 Å². The maximum absolute atomic E-state index is 9.28. The zero-order chi connectivity index (χ0) is 10.9. The van der Waals surface area contributed by atoms with Gasteiger partial charge in [-0.2, -0.15) is 0 Å². The summed E-state index contributed by atoms with van der Waals surface area (Å²) in [5.74, 6) is 0.865. The highest BCUT2D eigenvalue weighted by Crippen LogP contribution is 2.39. The van der Waals surface area contributed by atoms with Gasteiger partial charge in [0.2, 0.25) is 0 Å². The molecule has 1 saturated carbocycles. The minimum absolute atomic E-state index is 0.235. The predicted octanol–water partition coefficient (Wildman–Crippen LogP) is 1.39. The van der Waals surface area contributed by atoms with Crippen molar-refractivity contribution in [1.82, 2.24) is 0 Å². The Morgan fingerprint density at radius 1 is 1.40 bits per heavy atom. The van der Waals surface area contributed by atoms with Crippen molar-refractivity contribution in [3.63, 3.8) is 0 Å². The molecule has 0 saturated heterocycles. The summed E-state index contributed by atoms with van der Waals surface area (Å²) in [4.78, 5) is 0. The van der Waals surface area contributed by atoms with E-state index in [0.29, 0.717) is 19.4 Å². The third-order valence-electron chi connectivity index (χ3n) is 2.94. The quantitative estimate of drug-likeness (QED) is 0.787. The van der Waals surface area contributed by atoms with Crippen molar-refractivity contribution in [2.24, 2.45) is 5.73 Å². The van der Waals surface area contributed by atoms with Crippen LogP contribution in [0.4, 0.5) is 0 Å². The highest BCUT2D eigenvalue weighted by Gasteiger charge is 2.41. The van der Waals surface area contributed by atoms with Crippen molar-refractivity contribution in [3.8, 4) is 5.75 Å². The van der Waals surface area contributed by atoms with Crippen LogP contribution in [0.3, 0.4) is 0 Å². The zero-order valence-corrected chi connectivity index (χ0v) is 8.94. The van der Waals surface area contributed by atoms with Crippen LogP contribution in [0.15, 0.2) is 24.3 Å². The summed E-state index contributed by atoms with van der Waals surface area (Å²) in [6.07, 6.45) is 1.07. The summed E-state index contributed by atoms with van der Waals surface area (Å²) < 4.78 is 5.36. The fraction of sp³-hybridized carbons (Fsp3) is 0.500. The molecule has 1 aromatic rings. The second kappa shape index (κ2) is 3.83. The van der Waals surface area contributed by atoms with Gasteiger partial charge in [0.25, 0.3) is 0 Å². The number of aliphatic hydroxyl groups excluding tert-OH is 1. The lowest BCUT2D eigenvalue weighted by atomic mass is 9.71. The van der Waals surface area contributed by atoms with E-state index in [2.05, 4.69) is 0 Å². The van der Waals surface area contributed by atoms with Crippen LogP contribution in [0.1, 0.15) is 25.3 Å². The van der Waals surface area contributed by atoms with Gasteiger partial charge in [-0.15, -0.1) is 0 Å². The molecule has 0 aromatic heterocycles. The maximum Gasteiger partial charge on any atom is 0.119 e. The van der Waals surface area contributed by atoms with Gasteiger partial charge in [0, 0.05) is 5.54 Å². The van der Waals surface area contributed by atoms with Crippen LogP contribution in [-0.2, 0) is 5.54 Å². The van der Waals surface area contributed by atoms with E-state index in [-0.39, 0.29) is 11.6 Å². The minimum atomic E-state index is -0.329. The molecule has 15 heavy (non-hydrogen) atoms. The normalized spacial score (nSPS) is 29.7. The van der Waals surface area contributed by atoms with Crippen molar-refractivity contribution >= 4 is 0 Å². The average molecular weight is 207 g/mol. The van der Waals surface area contributed by atoms with Gasteiger partial charge in [0.05, 0.1) is 12.7 Å². The second-order valence-corrected chi connectivity index (χ2v) is 4.18. The van der Waals surface area contributed by atoms with Gasteiger partial charge in [-0.05, 0) is 37.5 Å². The van der Waals surface area contributed by atoms with Crippen molar-refractivity contribution < 1.29 is 9.84 Å². The van der Waals surface area contributed by atoms with E-state index in [9.17, 15) is 5.11 Å². The number of ether oxygens (including phenoxy) is 1. The Hall–Kier alpha value is -1.06. The highest BCUT2D eigenvalue weighted by atomic mass is 16.5. The Kier molecular flexibility index (Phi) is 2.67. The molecule has 1 aromatic carbocycles. The van der Waals surface area contributed by atoms with E-state index in [0.717, 1.165) is 11.3 Å². The van der Waals surface area contributed by atoms with Crippen LogP contribution in [0.2, 0.25) is 0 Å². The monoisotopic (exact) mass is 207 g/mol. The first-order chi connectivity index (χ1) is 7.14. The van der Waals surface area contributed by atoms with Crippen LogP contribution in [0.5, 0.6) is 5.75 Å². The molecule has 3 nitrogen and oxygen atoms in total. The van der Waals surface area contributed by atoms with Crippen LogP contribution in [0, 0.1) is 0 Å². The third-order valence-corrected chi connectivity index (χ3v) is 2.94. The first-order valence-corrected chi connectivity index (χ1v) is 5.34. The molecule has 3 N–H and O–H groups in total. The Labute approximate surface area is 89.9 Å². The molecule has 0 amide bonds. The summed E-state index contributed by atoms with van der Waals surface area (Å²) in [6, 6.07) is 7.82. The van der Waals surface area contributed by atoms with Crippen LogP contribution in [-0.4, -0.2) is 17.8 Å². The topological polar surface area (TPSA) is 55.5 Å². The van der Waals surface area contributed by atoms with E-state index < -0.39 is 0 Å². The van der Waals surface area contributed by atoms with Gasteiger partial charge in [-0.25, -0.2) is 0 Å². The first-order valence-electron chi connectivity index (χ1n) is 5.34. The van der Waals surface area contributed by atoms with Crippen molar-refractivity contribution in [2.75, 3.05) is 6.61 Å². The summed E-state index contributed by atoms with van der Waals surface area (Å²) in [5.41, 5.74) is 6.89. The molecule has 1 aliphatic rings. The molecule has 0 unspecified atom stereocenters. The molecule has 1 fully saturated rings. The molecular formula is C12H17NO2.